The van der Waals surface area contributed by atoms with Gasteiger partial charge in [0, 0.05) is 25.3 Å². The highest BCUT2D eigenvalue weighted by atomic mass is 16.5. The van der Waals surface area contributed by atoms with Crippen molar-refractivity contribution < 1.29 is 14.3 Å². The number of amides is 2. The molecule has 0 atom stereocenters. The third kappa shape index (κ3) is 4.35. The van der Waals surface area contributed by atoms with E-state index >= 15 is 0 Å². The van der Waals surface area contributed by atoms with E-state index in [1.54, 1.807) is 36.3 Å². The van der Waals surface area contributed by atoms with Crippen molar-refractivity contribution in [3.63, 3.8) is 0 Å². The summed E-state index contributed by atoms with van der Waals surface area (Å²) in [6, 6.07) is 14.8. The third-order valence-electron chi connectivity index (χ3n) is 5.12. The first-order chi connectivity index (χ1) is 14.9. The molecular formula is C22H23N5O4. The molecule has 0 unspecified atom stereocenters. The van der Waals surface area contributed by atoms with Crippen molar-refractivity contribution in [2.75, 3.05) is 19.0 Å². The average molecular weight is 421 g/mol. The van der Waals surface area contributed by atoms with Crippen molar-refractivity contribution in [1.29, 1.82) is 0 Å². The number of anilines is 1. The molecule has 0 saturated carbocycles. The minimum atomic E-state index is -0.469. The smallest absolute Gasteiger partial charge is 0.346 e. The number of nitrogens with one attached hydrogen (secondary N) is 1. The van der Waals surface area contributed by atoms with E-state index in [1.165, 1.54) is 4.57 Å². The molecule has 0 fully saturated rings. The molecule has 1 aromatic heterocycles. The van der Waals surface area contributed by atoms with Crippen LogP contribution in [-0.2, 0) is 24.4 Å². The quantitative estimate of drug-likeness (QED) is 0.653. The van der Waals surface area contributed by atoms with Crippen LogP contribution in [0.25, 0.3) is 0 Å². The number of nitrogens with zero attached hydrogens (tertiary/aromatic N) is 4. The zero-order valence-corrected chi connectivity index (χ0v) is 17.4. The van der Waals surface area contributed by atoms with Crippen LogP contribution in [-0.4, -0.2) is 44.7 Å². The van der Waals surface area contributed by atoms with Crippen LogP contribution in [0.2, 0.25) is 0 Å². The monoisotopic (exact) mass is 421 g/mol. The fourth-order valence-electron chi connectivity index (χ4n) is 3.56. The van der Waals surface area contributed by atoms with Crippen LogP contribution >= 0.6 is 0 Å². The van der Waals surface area contributed by atoms with Crippen molar-refractivity contribution in [3.8, 4) is 5.75 Å². The van der Waals surface area contributed by atoms with E-state index in [1.807, 2.05) is 31.2 Å². The lowest BCUT2D eigenvalue weighted by Crippen LogP contribution is -2.42. The van der Waals surface area contributed by atoms with E-state index in [9.17, 15) is 14.4 Å². The molecule has 3 aromatic rings. The van der Waals surface area contributed by atoms with Gasteiger partial charge in [-0.25, -0.2) is 9.48 Å². The van der Waals surface area contributed by atoms with Crippen LogP contribution in [0.4, 0.5) is 5.69 Å². The molecule has 0 spiro atoms. The minimum absolute atomic E-state index is 0.0566. The highest BCUT2D eigenvalue weighted by Crippen LogP contribution is 2.16. The Hall–Kier alpha value is -3.88. The molecule has 1 aliphatic rings. The van der Waals surface area contributed by atoms with Gasteiger partial charge in [0.2, 0.25) is 11.7 Å². The summed E-state index contributed by atoms with van der Waals surface area (Å²) in [5.74, 6) is -0.00294. The molecule has 1 aliphatic heterocycles. The molecule has 160 valence electrons. The predicted molar refractivity (Wildman–Crippen MR) is 114 cm³/mol. The van der Waals surface area contributed by atoms with E-state index in [0.717, 1.165) is 15.8 Å². The van der Waals surface area contributed by atoms with Crippen molar-refractivity contribution in [3.05, 3.63) is 76.0 Å². The second-order valence-corrected chi connectivity index (χ2v) is 7.41. The molecule has 0 aliphatic carbocycles. The first-order valence-corrected chi connectivity index (χ1v) is 9.91. The number of aryl methyl sites for hydroxylation is 1. The van der Waals surface area contributed by atoms with Crippen LogP contribution in [0, 0.1) is 6.92 Å². The number of rotatable bonds is 6. The van der Waals surface area contributed by atoms with Crippen LogP contribution in [0.3, 0.4) is 0 Å². The van der Waals surface area contributed by atoms with E-state index < -0.39 is 11.6 Å². The van der Waals surface area contributed by atoms with Crippen LogP contribution in [0.5, 0.6) is 5.75 Å². The molecule has 0 bridgehead atoms. The van der Waals surface area contributed by atoms with Gasteiger partial charge >= 0.3 is 5.69 Å². The number of hydrogen-bond acceptors (Lipinski definition) is 5. The van der Waals surface area contributed by atoms with Gasteiger partial charge in [0.25, 0.3) is 5.91 Å². The van der Waals surface area contributed by atoms with Gasteiger partial charge in [-0.05, 0) is 36.8 Å². The van der Waals surface area contributed by atoms with E-state index in [4.69, 9.17) is 4.74 Å². The molecule has 4 rings (SSSR count). The summed E-state index contributed by atoms with van der Waals surface area (Å²) in [6.45, 7) is 2.91. The Labute approximate surface area is 178 Å². The third-order valence-corrected chi connectivity index (χ3v) is 5.12. The fourth-order valence-corrected chi connectivity index (χ4v) is 3.56. The molecule has 9 heteroatoms. The topological polar surface area (TPSA) is 98.5 Å². The number of fused-ring (bicyclic) bond motifs is 1. The maximum Gasteiger partial charge on any atom is 0.346 e. The van der Waals surface area contributed by atoms with Gasteiger partial charge in [0.1, 0.15) is 12.3 Å². The van der Waals surface area contributed by atoms with Crippen molar-refractivity contribution in [1.82, 2.24) is 19.2 Å². The summed E-state index contributed by atoms with van der Waals surface area (Å²) >= 11 is 0. The number of methoxy groups -OCH3 is 1. The van der Waals surface area contributed by atoms with Crippen LogP contribution in [0.1, 0.15) is 21.7 Å². The number of carbonyl (C=O) groups is 2. The summed E-state index contributed by atoms with van der Waals surface area (Å²) < 4.78 is 7.45. The number of carbonyl (C=O) groups excluding carboxylic acids is 2. The maximum atomic E-state index is 12.9. The Morgan fingerprint density at radius 3 is 2.61 bits per heavy atom. The van der Waals surface area contributed by atoms with Crippen molar-refractivity contribution >= 4 is 17.5 Å². The second kappa shape index (κ2) is 8.47. The summed E-state index contributed by atoms with van der Waals surface area (Å²) in [4.78, 5) is 39.6. The van der Waals surface area contributed by atoms with E-state index in [2.05, 4.69) is 10.4 Å². The van der Waals surface area contributed by atoms with E-state index in [0.29, 0.717) is 31.1 Å². The molecule has 0 saturated heterocycles. The maximum absolute atomic E-state index is 12.9. The number of hydrogen-bond donors (Lipinski definition) is 1. The van der Waals surface area contributed by atoms with E-state index in [-0.39, 0.29) is 18.3 Å². The zero-order chi connectivity index (χ0) is 22.0. The minimum Gasteiger partial charge on any atom is -0.497 e. The Bertz CT molecular complexity index is 1180. The predicted octanol–water partition coefficient (Wildman–Crippen LogP) is 1.66. The largest absolute Gasteiger partial charge is 0.497 e. The highest BCUT2D eigenvalue weighted by Gasteiger charge is 2.30. The van der Waals surface area contributed by atoms with Gasteiger partial charge < -0.3 is 15.0 Å². The fraction of sp³-hybridized carbons (Fsp3) is 0.273. The molecule has 2 heterocycles. The Balaban J connectivity index is 1.46. The summed E-state index contributed by atoms with van der Waals surface area (Å²) in [5.41, 5.74) is 2.24. The number of benzene rings is 2. The van der Waals surface area contributed by atoms with Gasteiger partial charge in [0.15, 0.2) is 0 Å². The Morgan fingerprint density at radius 2 is 1.90 bits per heavy atom. The number of aromatic nitrogens is 3. The van der Waals surface area contributed by atoms with Crippen molar-refractivity contribution in [2.24, 2.45) is 0 Å². The lowest BCUT2D eigenvalue weighted by Gasteiger charge is -2.26. The Kier molecular flexibility index (Phi) is 5.57. The molecule has 2 amide bonds. The SMILES string of the molecule is COc1ccc(NC(=O)Cn2nc3n(c2=O)CCN(Cc2cccc(C)c2)C3=O)cc1. The normalized spacial score (nSPS) is 13.1. The average Bonchev–Trinajstić information content (AvgIpc) is 3.07. The standard InChI is InChI=1S/C22H23N5O4/c1-15-4-3-5-16(12-15)13-25-10-11-26-20(21(25)29)24-27(22(26)30)14-19(28)23-17-6-8-18(31-2)9-7-17/h3-9,12H,10-11,13-14H2,1-2H3,(H,23,28). The summed E-state index contributed by atoms with van der Waals surface area (Å²) in [6.07, 6.45) is 0. The molecular weight excluding hydrogens is 398 g/mol. The van der Waals surface area contributed by atoms with Crippen molar-refractivity contribution in [2.45, 2.75) is 26.6 Å². The van der Waals surface area contributed by atoms with Gasteiger partial charge in [-0.2, -0.15) is 0 Å². The molecule has 31 heavy (non-hydrogen) atoms. The van der Waals surface area contributed by atoms with Crippen LogP contribution < -0.4 is 15.7 Å². The first kappa shape index (κ1) is 20.4. The van der Waals surface area contributed by atoms with Gasteiger partial charge in [0.05, 0.1) is 7.11 Å². The zero-order valence-electron chi connectivity index (χ0n) is 17.4. The molecule has 1 N–H and O–H groups in total. The number of ether oxygens (including phenoxy) is 1. The van der Waals surface area contributed by atoms with Gasteiger partial charge in [-0.3, -0.25) is 14.2 Å². The Morgan fingerprint density at radius 1 is 1.13 bits per heavy atom. The van der Waals surface area contributed by atoms with Crippen LogP contribution in [0.15, 0.2) is 53.3 Å². The summed E-state index contributed by atoms with van der Waals surface area (Å²) in [5, 5.41) is 6.85. The lowest BCUT2D eigenvalue weighted by molar-refractivity contribution is -0.117. The summed E-state index contributed by atoms with van der Waals surface area (Å²) in [7, 11) is 1.56. The van der Waals surface area contributed by atoms with Gasteiger partial charge in [-0.1, -0.05) is 29.8 Å². The first-order valence-electron chi connectivity index (χ1n) is 9.91. The van der Waals surface area contributed by atoms with Gasteiger partial charge in [-0.15, -0.1) is 5.10 Å². The molecule has 0 radical (unpaired) electrons. The second-order valence-electron chi connectivity index (χ2n) is 7.41. The molecule has 9 nitrogen and oxygen atoms in total. The lowest BCUT2D eigenvalue weighted by atomic mass is 10.1. The molecule has 2 aromatic carbocycles. The highest BCUT2D eigenvalue weighted by molar-refractivity contribution is 5.92.